The van der Waals surface area contributed by atoms with E-state index in [1.807, 2.05) is 18.2 Å². The summed E-state index contributed by atoms with van der Waals surface area (Å²) in [5.41, 5.74) is 1.06. The Labute approximate surface area is 156 Å². The standard InChI is InChI=1S/C18H22N4O3S/c1-11-8-21(9-12(2)25-11)15(13-5-4-6-14(7-13)24-3)16-17(23)22-18(26-16)19-10-20-22/h4-7,10-12,15-16H,8-9H2,1-3H3. The summed E-state index contributed by atoms with van der Waals surface area (Å²) in [5.74, 6) is 0.760. The second kappa shape index (κ2) is 7.02. The Kier molecular flexibility index (Phi) is 4.73. The zero-order valence-corrected chi connectivity index (χ0v) is 15.8. The highest BCUT2D eigenvalue weighted by Gasteiger charge is 2.44. The van der Waals surface area contributed by atoms with Gasteiger partial charge in [0.2, 0.25) is 0 Å². The van der Waals surface area contributed by atoms with Crippen molar-refractivity contribution in [3.63, 3.8) is 0 Å². The Morgan fingerprint density at radius 3 is 2.77 bits per heavy atom. The molecule has 2 aromatic rings. The van der Waals surface area contributed by atoms with Crippen LogP contribution in [0.2, 0.25) is 0 Å². The molecule has 2 aliphatic rings. The van der Waals surface area contributed by atoms with Crippen LogP contribution in [0.1, 0.15) is 30.2 Å². The molecule has 0 saturated carbocycles. The molecule has 2 aliphatic heterocycles. The Bertz CT molecular complexity index is 801. The van der Waals surface area contributed by atoms with Crippen LogP contribution in [-0.4, -0.2) is 63.2 Å². The summed E-state index contributed by atoms with van der Waals surface area (Å²) in [6, 6.07) is 7.86. The second-order valence-electron chi connectivity index (χ2n) is 6.76. The molecular formula is C18H22N4O3S. The third kappa shape index (κ3) is 3.13. The maximum Gasteiger partial charge on any atom is 0.264 e. The van der Waals surface area contributed by atoms with Crippen LogP contribution in [0, 0.1) is 0 Å². The summed E-state index contributed by atoms with van der Waals surface area (Å²) in [6.45, 7) is 5.68. The molecule has 4 atom stereocenters. The number of hydrogen-bond acceptors (Lipinski definition) is 7. The fourth-order valence-electron chi connectivity index (χ4n) is 3.79. The molecule has 4 rings (SSSR count). The van der Waals surface area contributed by atoms with Crippen molar-refractivity contribution in [3.8, 4) is 5.75 Å². The van der Waals surface area contributed by atoms with Gasteiger partial charge in [-0.25, -0.2) is 4.98 Å². The van der Waals surface area contributed by atoms with Gasteiger partial charge in [-0.15, -0.1) is 0 Å². The van der Waals surface area contributed by atoms with Crippen LogP contribution < -0.4 is 4.74 Å². The van der Waals surface area contributed by atoms with E-state index in [2.05, 4.69) is 34.9 Å². The Morgan fingerprint density at radius 2 is 2.08 bits per heavy atom. The monoisotopic (exact) mass is 374 g/mol. The molecular weight excluding hydrogens is 352 g/mol. The Balaban J connectivity index is 1.72. The summed E-state index contributed by atoms with van der Waals surface area (Å²) in [4.78, 5) is 19.5. The third-order valence-electron chi connectivity index (χ3n) is 4.76. The van der Waals surface area contributed by atoms with E-state index >= 15 is 0 Å². The molecule has 0 radical (unpaired) electrons. The lowest BCUT2D eigenvalue weighted by Crippen LogP contribution is -2.50. The molecule has 1 aromatic carbocycles. The van der Waals surface area contributed by atoms with E-state index in [0.29, 0.717) is 5.16 Å². The first-order valence-corrected chi connectivity index (χ1v) is 9.59. The number of rotatable bonds is 4. The summed E-state index contributed by atoms with van der Waals surface area (Å²) in [7, 11) is 1.65. The molecule has 4 unspecified atom stereocenters. The summed E-state index contributed by atoms with van der Waals surface area (Å²) < 4.78 is 12.7. The first-order chi connectivity index (χ1) is 12.6. The maximum absolute atomic E-state index is 13.0. The van der Waals surface area contributed by atoms with Crippen molar-refractivity contribution in [1.82, 2.24) is 19.7 Å². The van der Waals surface area contributed by atoms with Crippen molar-refractivity contribution >= 4 is 17.7 Å². The molecule has 0 aliphatic carbocycles. The first kappa shape index (κ1) is 17.5. The number of aromatic nitrogens is 3. The van der Waals surface area contributed by atoms with E-state index in [1.54, 1.807) is 7.11 Å². The smallest absolute Gasteiger partial charge is 0.264 e. The van der Waals surface area contributed by atoms with Crippen LogP contribution in [0.15, 0.2) is 35.7 Å². The van der Waals surface area contributed by atoms with Crippen LogP contribution in [0.25, 0.3) is 0 Å². The highest BCUT2D eigenvalue weighted by Crippen LogP contribution is 2.42. The van der Waals surface area contributed by atoms with Gasteiger partial charge in [0.15, 0.2) is 5.16 Å². The van der Waals surface area contributed by atoms with Gasteiger partial charge >= 0.3 is 0 Å². The SMILES string of the molecule is COc1cccc(C(C2Sc3ncnn3C2=O)N2CC(C)OC(C)C2)c1. The van der Waals surface area contributed by atoms with E-state index in [0.717, 1.165) is 24.4 Å². The average molecular weight is 374 g/mol. The number of nitrogens with zero attached hydrogens (tertiary/aromatic N) is 4. The average Bonchev–Trinajstić information content (AvgIpc) is 3.19. The predicted molar refractivity (Wildman–Crippen MR) is 97.6 cm³/mol. The fourth-order valence-corrected chi connectivity index (χ4v) is 5.02. The number of hydrogen-bond donors (Lipinski definition) is 0. The van der Waals surface area contributed by atoms with E-state index in [1.165, 1.54) is 22.8 Å². The molecule has 0 bridgehead atoms. The minimum absolute atomic E-state index is 0.0258. The molecule has 7 nitrogen and oxygen atoms in total. The number of carbonyl (C=O) groups excluding carboxylic acids is 1. The van der Waals surface area contributed by atoms with Gasteiger partial charge in [-0.3, -0.25) is 9.69 Å². The largest absolute Gasteiger partial charge is 0.497 e. The minimum Gasteiger partial charge on any atom is -0.497 e. The molecule has 1 saturated heterocycles. The Hall–Kier alpha value is -1.90. The van der Waals surface area contributed by atoms with Gasteiger partial charge in [0.25, 0.3) is 5.91 Å². The van der Waals surface area contributed by atoms with Crippen molar-refractivity contribution in [1.29, 1.82) is 0 Å². The van der Waals surface area contributed by atoms with Gasteiger partial charge in [-0.2, -0.15) is 9.78 Å². The topological polar surface area (TPSA) is 69.5 Å². The van der Waals surface area contributed by atoms with Gasteiger partial charge in [0, 0.05) is 13.1 Å². The number of carbonyl (C=O) groups is 1. The quantitative estimate of drug-likeness (QED) is 0.813. The van der Waals surface area contributed by atoms with Gasteiger partial charge in [0.1, 0.15) is 17.3 Å². The highest BCUT2D eigenvalue weighted by atomic mass is 32.2. The lowest BCUT2D eigenvalue weighted by atomic mass is 9.99. The number of ether oxygens (including phenoxy) is 2. The van der Waals surface area contributed by atoms with Crippen molar-refractivity contribution in [2.45, 2.75) is 42.5 Å². The number of fused-ring (bicyclic) bond motifs is 1. The van der Waals surface area contributed by atoms with Gasteiger partial charge in [-0.1, -0.05) is 23.9 Å². The van der Waals surface area contributed by atoms with Crippen molar-refractivity contribution < 1.29 is 14.3 Å². The molecule has 138 valence electrons. The second-order valence-corrected chi connectivity index (χ2v) is 7.87. The Morgan fingerprint density at radius 1 is 1.31 bits per heavy atom. The van der Waals surface area contributed by atoms with E-state index in [-0.39, 0.29) is 29.4 Å². The van der Waals surface area contributed by atoms with Gasteiger partial charge in [0.05, 0.1) is 25.4 Å². The summed E-state index contributed by atoms with van der Waals surface area (Å²) in [6.07, 6.45) is 1.66. The van der Waals surface area contributed by atoms with Crippen LogP contribution in [0.5, 0.6) is 5.75 Å². The van der Waals surface area contributed by atoms with E-state index in [4.69, 9.17) is 9.47 Å². The molecule has 0 N–H and O–H groups in total. The summed E-state index contributed by atoms with van der Waals surface area (Å²) in [5, 5.41) is 4.44. The van der Waals surface area contributed by atoms with Gasteiger partial charge < -0.3 is 9.47 Å². The maximum atomic E-state index is 13.0. The van der Waals surface area contributed by atoms with E-state index in [9.17, 15) is 4.79 Å². The zero-order chi connectivity index (χ0) is 18.3. The van der Waals surface area contributed by atoms with Crippen LogP contribution in [-0.2, 0) is 4.74 Å². The van der Waals surface area contributed by atoms with Crippen molar-refractivity contribution in [3.05, 3.63) is 36.2 Å². The molecule has 1 aromatic heterocycles. The van der Waals surface area contributed by atoms with E-state index < -0.39 is 0 Å². The molecule has 0 amide bonds. The van der Waals surface area contributed by atoms with Gasteiger partial charge in [-0.05, 0) is 31.5 Å². The fraction of sp³-hybridized carbons (Fsp3) is 0.500. The predicted octanol–water partition coefficient (Wildman–Crippen LogP) is 2.25. The molecule has 0 spiro atoms. The molecule has 3 heterocycles. The van der Waals surface area contributed by atoms with Crippen molar-refractivity contribution in [2.24, 2.45) is 0 Å². The summed E-state index contributed by atoms with van der Waals surface area (Å²) >= 11 is 1.48. The lowest BCUT2D eigenvalue weighted by Gasteiger charge is -2.41. The van der Waals surface area contributed by atoms with Crippen LogP contribution >= 0.6 is 11.8 Å². The molecule has 8 heteroatoms. The number of thioether (sulfide) groups is 1. The van der Waals surface area contributed by atoms with Crippen LogP contribution in [0.3, 0.4) is 0 Å². The van der Waals surface area contributed by atoms with Crippen molar-refractivity contribution in [2.75, 3.05) is 20.2 Å². The normalized spacial score (nSPS) is 27.3. The minimum atomic E-state index is -0.296. The number of methoxy groups -OCH3 is 1. The number of morpholine rings is 1. The highest BCUT2D eigenvalue weighted by molar-refractivity contribution is 8.00. The van der Waals surface area contributed by atoms with Crippen LogP contribution in [0.4, 0.5) is 0 Å². The first-order valence-electron chi connectivity index (χ1n) is 8.71. The molecule has 1 fully saturated rings. The third-order valence-corrected chi connectivity index (χ3v) is 5.97. The number of benzene rings is 1. The lowest BCUT2D eigenvalue weighted by molar-refractivity contribution is -0.0804. The zero-order valence-electron chi connectivity index (χ0n) is 15.0. The molecule has 26 heavy (non-hydrogen) atoms.